The summed E-state index contributed by atoms with van der Waals surface area (Å²) in [5.74, 6) is 2.61. The van der Waals surface area contributed by atoms with Crippen molar-refractivity contribution in [1.82, 2.24) is 4.90 Å². The van der Waals surface area contributed by atoms with Gasteiger partial charge in [-0.15, -0.1) is 0 Å². The first-order chi connectivity index (χ1) is 7.37. The monoisotopic (exact) mass is 228 g/mol. The highest BCUT2D eigenvalue weighted by Crippen LogP contribution is 2.33. The molecule has 1 saturated heterocycles. The van der Waals surface area contributed by atoms with E-state index >= 15 is 0 Å². The number of hydrogen-bond donors (Lipinski definition) is 1. The maximum atomic E-state index is 6.09. The molecule has 2 N–H and O–H groups in total. The molecule has 0 spiro atoms. The average Bonchev–Trinajstić information content (AvgIpc) is 2.56. The second-order valence-electron chi connectivity index (χ2n) is 4.94. The van der Waals surface area contributed by atoms with Gasteiger partial charge in [0.1, 0.15) is 0 Å². The van der Waals surface area contributed by atoms with Gasteiger partial charge in [-0.1, -0.05) is 25.7 Å². The van der Waals surface area contributed by atoms with Crippen LogP contribution in [0.25, 0.3) is 0 Å². The topological polar surface area (TPSA) is 29.3 Å². The smallest absolute Gasteiger partial charge is 0.0332 e. The van der Waals surface area contributed by atoms with Crippen molar-refractivity contribution in [3.05, 3.63) is 0 Å². The molecule has 1 aliphatic heterocycles. The Morgan fingerprint density at radius 3 is 2.13 bits per heavy atom. The maximum Gasteiger partial charge on any atom is 0.0332 e. The molecular weight excluding hydrogens is 204 g/mol. The minimum Gasteiger partial charge on any atom is -0.329 e. The molecule has 0 atom stereocenters. The predicted octanol–water partition coefficient (Wildman–Crippen LogP) is 2.09. The van der Waals surface area contributed by atoms with Gasteiger partial charge in [-0.2, -0.15) is 11.8 Å². The second kappa shape index (κ2) is 5.55. The van der Waals surface area contributed by atoms with Gasteiger partial charge >= 0.3 is 0 Å². The van der Waals surface area contributed by atoms with Crippen molar-refractivity contribution >= 4 is 11.8 Å². The molecular formula is C12H24N2S. The van der Waals surface area contributed by atoms with Crippen LogP contribution in [-0.2, 0) is 0 Å². The third kappa shape index (κ3) is 2.69. The Labute approximate surface area is 98.0 Å². The molecule has 15 heavy (non-hydrogen) atoms. The SMILES string of the molecule is NCC1(N2CCSCC2)CCCCCC1. The maximum absolute atomic E-state index is 6.09. The fraction of sp³-hybridized carbons (Fsp3) is 1.00. The van der Waals surface area contributed by atoms with Crippen LogP contribution in [0, 0.1) is 0 Å². The molecule has 0 unspecified atom stereocenters. The van der Waals surface area contributed by atoms with Crippen LogP contribution in [0.15, 0.2) is 0 Å². The lowest BCUT2D eigenvalue weighted by Crippen LogP contribution is -2.56. The summed E-state index contributed by atoms with van der Waals surface area (Å²) in [4.78, 5) is 2.70. The number of hydrogen-bond acceptors (Lipinski definition) is 3. The third-order valence-electron chi connectivity index (χ3n) is 4.10. The minimum atomic E-state index is 0.372. The normalized spacial score (nSPS) is 28.6. The first kappa shape index (κ1) is 11.7. The molecule has 0 bridgehead atoms. The minimum absolute atomic E-state index is 0.372. The Hall–Kier alpha value is 0.270. The molecule has 3 heteroatoms. The van der Waals surface area contributed by atoms with Crippen LogP contribution in [-0.4, -0.2) is 41.6 Å². The van der Waals surface area contributed by atoms with Crippen LogP contribution in [0.3, 0.4) is 0 Å². The van der Waals surface area contributed by atoms with Crippen LogP contribution >= 0.6 is 11.8 Å². The van der Waals surface area contributed by atoms with Gasteiger partial charge in [0.15, 0.2) is 0 Å². The van der Waals surface area contributed by atoms with E-state index in [2.05, 4.69) is 16.7 Å². The molecule has 0 amide bonds. The third-order valence-corrected chi connectivity index (χ3v) is 5.04. The molecule has 1 saturated carbocycles. The van der Waals surface area contributed by atoms with E-state index in [1.54, 1.807) is 0 Å². The summed E-state index contributed by atoms with van der Waals surface area (Å²) < 4.78 is 0. The van der Waals surface area contributed by atoms with E-state index in [1.807, 2.05) is 0 Å². The highest BCUT2D eigenvalue weighted by molar-refractivity contribution is 7.99. The van der Waals surface area contributed by atoms with Crippen molar-refractivity contribution in [2.75, 3.05) is 31.1 Å². The number of nitrogens with zero attached hydrogens (tertiary/aromatic N) is 1. The molecule has 0 aromatic carbocycles. The molecule has 2 aliphatic rings. The van der Waals surface area contributed by atoms with Crippen LogP contribution < -0.4 is 5.73 Å². The zero-order valence-electron chi connectivity index (χ0n) is 9.71. The quantitative estimate of drug-likeness (QED) is 0.734. The van der Waals surface area contributed by atoms with Gasteiger partial charge in [0.05, 0.1) is 0 Å². The molecule has 1 aliphatic carbocycles. The second-order valence-corrected chi connectivity index (χ2v) is 6.17. The fourth-order valence-electron chi connectivity index (χ4n) is 3.07. The van der Waals surface area contributed by atoms with Crippen LogP contribution in [0.1, 0.15) is 38.5 Å². The van der Waals surface area contributed by atoms with Gasteiger partial charge in [-0.25, -0.2) is 0 Å². The number of nitrogens with two attached hydrogens (primary N) is 1. The van der Waals surface area contributed by atoms with Crippen molar-refractivity contribution in [3.63, 3.8) is 0 Å². The molecule has 2 nitrogen and oxygen atoms in total. The molecule has 1 heterocycles. The Balaban J connectivity index is 2.03. The average molecular weight is 228 g/mol. The highest BCUT2D eigenvalue weighted by Gasteiger charge is 2.36. The molecule has 0 aromatic rings. The molecule has 0 radical (unpaired) electrons. The molecule has 88 valence electrons. The lowest BCUT2D eigenvalue weighted by molar-refractivity contribution is 0.0892. The summed E-state index contributed by atoms with van der Waals surface area (Å²) in [6, 6.07) is 0. The van der Waals surface area contributed by atoms with Crippen LogP contribution in [0.2, 0.25) is 0 Å². The van der Waals surface area contributed by atoms with Gasteiger partial charge in [0.2, 0.25) is 0 Å². The predicted molar refractivity (Wildman–Crippen MR) is 68.4 cm³/mol. The van der Waals surface area contributed by atoms with E-state index in [-0.39, 0.29) is 0 Å². The summed E-state index contributed by atoms with van der Waals surface area (Å²) in [6.07, 6.45) is 8.30. The molecule has 0 aromatic heterocycles. The highest BCUT2D eigenvalue weighted by atomic mass is 32.2. The summed E-state index contributed by atoms with van der Waals surface area (Å²) in [6.45, 7) is 3.40. The van der Waals surface area contributed by atoms with Gasteiger partial charge in [-0.05, 0) is 12.8 Å². The Kier molecular flexibility index (Phi) is 4.35. The zero-order valence-corrected chi connectivity index (χ0v) is 10.5. The van der Waals surface area contributed by atoms with Gasteiger partial charge in [-0.3, -0.25) is 4.90 Å². The Morgan fingerprint density at radius 2 is 1.60 bits per heavy atom. The zero-order chi connectivity index (χ0) is 10.6. The Bertz CT molecular complexity index is 182. The lowest BCUT2D eigenvalue weighted by atomic mass is 9.88. The number of rotatable bonds is 2. The van der Waals surface area contributed by atoms with Gasteiger partial charge in [0, 0.05) is 36.7 Å². The van der Waals surface area contributed by atoms with E-state index in [4.69, 9.17) is 5.73 Å². The molecule has 2 fully saturated rings. The van der Waals surface area contributed by atoms with E-state index < -0.39 is 0 Å². The first-order valence-corrected chi connectivity index (χ1v) is 7.56. The van der Waals surface area contributed by atoms with Gasteiger partial charge in [0.25, 0.3) is 0 Å². The number of thioether (sulfide) groups is 1. The fourth-order valence-corrected chi connectivity index (χ4v) is 3.98. The summed E-state index contributed by atoms with van der Waals surface area (Å²) >= 11 is 2.09. The van der Waals surface area contributed by atoms with Crippen molar-refractivity contribution in [2.45, 2.75) is 44.1 Å². The Morgan fingerprint density at radius 1 is 1.00 bits per heavy atom. The van der Waals surface area contributed by atoms with E-state index in [0.717, 1.165) is 6.54 Å². The standard InChI is InChI=1S/C12H24N2S/c13-11-12(5-3-1-2-4-6-12)14-7-9-15-10-8-14/h1-11,13H2. The van der Waals surface area contributed by atoms with Crippen molar-refractivity contribution in [1.29, 1.82) is 0 Å². The summed E-state index contributed by atoms with van der Waals surface area (Å²) in [7, 11) is 0. The largest absolute Gasteiger partial charge is 0.329 e. The molecule has 2 rings (SSSR count). The summed E-state index contributed by atoms with van der Waals surface area (Å²) in [5.41, 5.74) is 6.46. The van der Waals surface area contributed by atoms with Crippen molar-refractivity contribution < 1.29 is 0 Å². The first-order valence-electron chi connectivity index (χ1n) is 6.40. The van der Waals surface area contributed by atoms with Crippen LogP contribution in [0.5, 0.6) is 0 Å². The van der Waals surface area contributed by atoms with E-state index in [9.17, 15) is 0 Å². The van der Waals surface area contributed by atoms with E-state index in [0.29, 0.717) is 5.54 Å². The van der Waals surface area contributed by atoms with Gasteiger partial charge < -0.3 is 5.73 Å². The van der Waals surface area contributed by atoms with Crippen molar-refractivity contribution in [3.8, 4) is 0 Å². The van der Waals surface area contributed by atoms with E-state index in [1.165, 1.54) is 63.1 Å². The van der Waals surface area contributed by atoms with Crippen molar-refractivity contribution in [2.24, 2.45) is 5.73 Å². The lowest BCUT2D eigenvalue weighted by Gasteiger charge is -2.45. The summed E-state index contributed by atoms with van der Waals surface area (Å²) in [5, 5.41) is 0. The van der Waals surface area contributed by atoms with Crippen LogP contribution in [0.4, 0.5) is 0 Å².